The van der Waals surface area contributed by atoms with E-state index in [1.165, 1.54) is 0 Å². The zero-order chi connectivity index (χ0) is 18.5. The van der Waals surface area contributed by atoms with E-state index in [0.717, 1.165) is 11.3 Å². The van der Waals surface area contributed by atoms with E-state index < -0.39 is 17.9 Å². The van der Waals surface area contributed by atoms with Crippen LogP contribution in [0.4, 0.5) is 5.69 Å². The molecule has 0 spiro atoms. The molecule has 0 saturated heterocycles. The van der Waals surface area contributed by atoms with Gasteiger partial charge >= 0.3 is 11.8 Å². The van der Waals surface area contributed by atoms with Crippen LogP contribution in [0, 0.1) is 0 Å². The number of anilines is 1. The summed E-state index contributed by atoms with van der Waals surface area (Å²) in [7, 11) is 0. The molecule has 6 nitrogen and oxygen atoms in total. The number of likely N-dealkylation sites (N-methyl/N-ethyl adjacent to an activating group) is 1. The Labute approximate surface area is 152 Å². The molecule has 1 aliphatic rings. The third kappa shape index (κ3) is 3.59. The number of fused-ring (bicyclic) bond motifs is 1. The predicted octanol–water partition coefficient (Wildman–Crippen LogP) is 1.57. The smallest absolute Gasteiger partial charge is 0.310 e. The number of hydrogen-bond donors (Lipinski definition) is 2. The summed E-state index contributed by atoms with van der Waals surface area (Å²) in [6.07, 6.45) is 0.634. The average molecular weight is 351 g/mol. The predicted molar refractivity (Wildman–Crippen MR) is 98.5 cm³/mol. The molecule has 0 saturated carbocycles. The Morgan fingerprint density at radius 3 is 2.42 bits per heavy atom. The summed E-state index contributed by atoms with van der Waals surface area (Å²) in [6.45, 7) is 2.73. The second-order valence-electron chi connectivity index (χ2n) is 6.04. The maximum atomic E-state index is 12.5. The molecule has 3 amide bonds. The first-order valence-corrected chi connectivity index (χ1v) is 8.64. The van der Waals surface area contributed by atoms with Gasteiger partial charge in [-0.15, -0.1) is 0 Å². The molecule has 1 heterocycles. The summed E-state index contributed by atoms with van der Waals surface area (Å²) >= 11 is 0. The molecule has 0 fully saturated rings. The topological polar surface area (TPSA) is 78.5 Å². The van der Waals surface area contributed by atoms with Gasteiger partial charge in [-0.25, -0.2) is 0 Å². The van der Waals surface area contributed by atoms with Crippen molar-refractivity contribution < 1.29 is 14.4 Å². The number of amides is 3. The summed E-state index contributed by atoms with van der Waals surface area (Å²) in [4.78, 5) is 38.4. The molecule has 6 heteroatoms. The lowest BCUT2D eigenvalue weighted by atomic mass is 10.1. The maximum Gasteiger partial charge on any atom is 0.310 e. The van der Waals surface area contributed by atoms with Crippen molar-refractivity contribution in [2.45, 2.75) is 19.4 Å². The molecule has 1 unspecified atom stereocenters. The van der Waals surface area contributed by atoms with Crippen LogP contribution in [0.2, 0.25) is 0 Å². The van der Waals surface area contributed by atoms with E-state index in [0.29, 0.717) is 25.1 Å². The van der Waals surface area contributed by atoms with Crippen molar-refractivity contribution in [1.82, 2.24) is 10.6 Å². The van der Waals surface area contributed by atoms with Crippen molar-refractivity contribution in [3.63, 3.8) is 0 Å². The summed E-state index contributed by atoms with van der Waals surface area (Å²) in [5.74, 6) is -1.76. The van der Waals surface area contributed by atoms with Crippen LogP contribution in [0.5, 0.6) is 0 Å². The van der Waals surface area contributed by atoms with Crippen molar-refractivity contribution in [3.05, 3.63) is 65.7 Å². The average Bonchev–Trinajstić information content (AvgIpc) is 2.93. The first kappa shape index (κ1) is 17.7. The Morgan fingerprint density at radius 1 is 1.00 bits per heavy atom. The lowest BCUT2D eigenvalue weighted by Crippen LogP contribution is -2.44. The van der Waals surface area contributed by atoms with Crippen molar-refractivity contribution in [2.24, 2.45) is 0 Å². The summed E-state index contributed by atoms with van der Waals surface area (Å²) < 4.78 is 0. The standard InChI is InChI=1S/C20H21N3O3/c1-2-23-16-11-7-6-10-15(16)17(20(23)26)22-19(25)18(24)21-13-12-14-8-4-3-5-9-14/h3-11,17H,2,12-13H2,1H3,(H,21,24)(H,22,25). The molecule has 2 aromatic rings. The van der Waals surface area contributed by atoms with Gasteiger partial charge in [-0.3, -0.25) is 14.4 Å². The number of carbonyl (C=O) groups excluding carboxylic acids is 3. The van der Waals surface area contributed by atoms with Gasteiger partial charge in [0.2, 0.25) is 0 Å². The monoisotopic (exact) mass is 351 g/mol. The third-order valence-corrected chi connectivity index (χ3v) is 4.39. The van der Waals surface area contributed by atoms with Gasteiger partial charge < -0.3 is 15.5 Å². The molecule has 1 aliphatic heterocycles. The van der Waals surface area contributed by atoms with Crippen LogP contribution in [0.3, 0.4) is 0 Å². The zero-order valence-corrected chi connectivity index (χ0v) is 14.6. The quantitative estimate of drug-likeness (QED) is 0.803. The van der Waals surface area contributed by atoms with Gasteiger partial charge in [0, 0.05) is 24.3 Å². The second kappa shape index (κ2) is 7.82. The molecule has 26 heavy (non-hydrogen) atoms. The summed E-state index contributed by atoms with van der Waals surface area (Å²) in [6, 6.07) is 16.1. The van der Waals surface area contributed by atoms with E-state index in [2.05, 4.69) is 10.6 Å². The second-order valence-corrected chi connectivity index (χ2v) is 6.04. The summed E-state index contributed by atoms with van der Waals surface area (Å²) in [5, 5.41) is 5.15. The zero-order valence-electron chi connectivity index (χ0n) is 14.6. The van der Waals surface area contributed by atoms with Crippen molar-refractivity contribution >= 4 is 23.4 Å². The molecule has 3 rings (SSSR count). The Balaban J connectivity index is 1.59. The van der Waals surface area contributed by atoms with Gasteiger partial charge in [-0.1, -0.05) is 48.5 Å². The number of rotatable bonds is 5. The lowest BCUT2D eigenvalue weighted by molar-refractivity contribution is -0.140. The Kier molecular flexibility index (Phi) is 5.31. The van der Waals surface area contributed by atoms with Gasteiger partial charge in [-0.2, -0.15) is 0 Å². The van der Waals surface area contributed by atoms with Crippen LogP contribution < -0.4 is 15.5 Å². The molecule has 0 aromatic heterocycles. The number of carbonyl (C=O) groups is 3. The molecule has 0 radical (unpaired) electrons. The highest BCUT2D eigenvalue weighted by atomic mass is 16.2. The van der Waals surface area contributed by atoms with Gasteiger partial charge in [0.15, 0.2) is 0 Å². The fourth-order valence-electron chi connectivity index (χ4n) is 3.09. The molecule has 2 N–H and O–H groups in total. The molecule has 0 aliphatic carbocycles. The number of benzene rings is 2. The minimum atomic E-state index is -0.821. The minimum Gasteiger partial charge on any atom is -0.348 e. The molecule has 1 atom stereocenters. The highest BCUT2D eigenvalue weighted by molar-refractivity contribution is 6.35. The number of nitrogens with zero attached hydrogens (tertiary/aromatic N) is 1. The first-order chi connectivity index (χ1) is 12.6. The molecule has 2 aromatic carbocycles. The van der Waals surface area contributed by atoms with Crippen LogP contribution >= 0.6 is 0 Å². The number of para-hydroxylation sites is 1. The van der Waals surface area contributed by atoms with Gasteiger partial charge in [0.05, 0.1) is 0 Å². The van der Waals surface area contributed by atoms with Gasteiger partial charge in [-0.05, 0) is 25.0 Å². The van der Waals surface area contributed by atoms with Gasteiger partial charge in [0.1, 0.15) is 6.04 Å². The van der Waals surface area contributed by atoms with Crippen LogP contribution in [0.15, 0.2) is 54.6 Å². The number of nitrogens with one attached hydrogen (secondary N) is 2. The van der Waals surface area contributed by atoms with Crippen LogP contribution in [0.1, 0.15) is 24.1 Å². The van der Waals surface area contributed by atoms with E-state index in [-0.39, 0.29) is 5.91 Å². The van der Waals surface area contributed by atoms with Crippen molar-refractivity contribution in [1.29, 1.82) is 0 Å². The van der Waals surface area contributed by atoms with E-state index in [1.54, 1.807) is 11.0 Å². The molecular formula is C20H21N3O3. The third-order valence-electron chi connectivity index (χ3n) is 4.39. The molecule has 0 bridgehead atoms. The maximum absolute atomic E-state index is 12.5. The Hall–Kier alpha value is -3.15. The van der Waals surface area contributed by atoms with Crippen LogP contribution in [-0.2, 0) is 20.8 Å². The normalized spacial score (nSPS) is 15.5. The van der Waals surface area contributed by atoms with Gasteiger partial charge in [0.25, 0.3) is 5.91 Å². The highest BCUT2D eigenvalue weighted by Crippen LogP contribution is 2.35. The van der Waals surface area contributed by atoms with E-state index >= 15 is 0 Å². The molecular weight excluding hydrogens is 330 g/mol. The number of hydrogen-bond acceptors (Lipinski definition) is 3. The highest BCUT2D eigenvalue weighted by Gasteiger charge is 2.37. The fraction of sp³-hybridized carbons (Fsp3) is 0.250. The fourth-order valence-corrected chi connectivity index (χ4v) is 3.09. The van der Waals surface area contributed by atoms with Crippen molar-refractivity contribution in [3.8, 4) is 0 Å². The SMILES string of the molecule is CCN1C(=O)C(NC(=O)C(=O)NCCc2ccccc2)c2ccccc21. The van der Waals surface area contributed by atoms with E-state index in [9.17, 15) is 14.4 Å². The van der Waals surface area contributed by atoms with E-state index in [4.69, 9.17) is 0 Å². The first-order valence-electron chi connectivity index (χ1n) is 8.64. The molecule has 134 valence electrons. The van der Waals surface area contributed by atoms with Crippen LogP contribution in [-0.4, -0.2) is 30.8 Å². The Morgan fingerprint density at radius 2 is 1.69 bits per heavy atom. The summed E-state index contributed by atoms with van der Waals surface area (Å²) in [5.41, 5.74) is 2.56. The Bertz CT molecular complexity index is 820. The largest absolute Gasteiger partial charge is 0.348 e. The minimum absolute atomic E-state index is 0.223. The lowest BCUT2D eigenvalue weighted by Gasteiger charge is -2.15. The van der Waals surface area contributed by atoms with Crippen molar-refractivity contribution in [2.75, 3.05) is 18.0 Å². The van der Waals surface area contributed by atoms with Crippen LogP contribution in [0.25, 0.3) is 0 Å². The van der Waals surface area contributed by atoms with E-state index in [1.807, 2.05) is 55.5 Å².